The van der Waals surface area contributed by atoms with Crippen molar-refractivity contribution in [1.82, 2.24) is 0 Å². The molecule has 0 aliphatic rings. The summed E-state index contributed by atoms with van der Waals surface area (Å²) in [5, 5.41) is 8.39. The molecule has 1 unspecified atom stereocenters. The van der Waals surface area contributed by atoms with Gasteiger partial charge in [0, 0.05) is 0 Å². The maximum atomic E-state index is 8.39. The van der Waals surface area contributed by atoms with Crippen LogP contribution in [0.1, 0.15) is 20.3 Å². The van der Waals surface area contributed by atoms with Crippen LogP contribution in [0.4, 0.5) is 0 Å². The Labute approximate surface area is 69.7 Å². The van der Waals surface area contributed by atoms with Crippen molar-refractivity contribution in [3.63, 3.8) is 0 Å². The van der Waals surface area contributed by atoms with Crippen molar-refractivity contribution < 1.29 is 23.7 Å². The third-order valence-corrected chi connectivity index (χ3v) is 1.12. The summed E-state index contributed by atoms with van der Waals surface area (Å²) in [5.74, 6) is 0.532. The second-order valence-electron chi connectivity index (χ2n) is 2.04. The van der Waals surface area contributed by atoms with E-state index in [-0.39, 0.29) is 25.2 Å². The van der Waals surface area contributed by atoms with Crippen molar-refractivity contribution in [2.45, 2.75) is 20.3 Å². The minimum Gasteiger partial charge on any atom is -0.428 e. The van der Waals surface area contributed by atoms with Gasteiger partial charge in [0.25, 0.3) is 0 Å². The van der Waals surface area contributed by atoms with Gasteiger partial charge in [-0.1, -0.05) is 13.5 Å². The predicted octanol–water partition coefficient (Wildman–Crippen LogP) is 1.43. The molecule has 0 fully saturated rings. The molecule has 1 nitrogen and oxygen atoms in total. The van der Waals surface area contributed by atoms with Gasteiger partial charge in [-0.3, -0.25) is 0 Å². The molecule has 0 rings (SSSR count). The predicted molar refractivity (Wildman–Crippen MR) is 35.1 cm³/mol. The summed E-state index contributed by atoms with van der Waals surface area (Å²) in [4.78, 5) is 0. The van der Waals surface area contributed by atoms with E-state index in [1.54, 1.807) is 0 Å². The Morgan fingerprint density at radius 3 is 2.44 bits per heavy atom. The summed E-state index contributed by atoms with van der Waals surface area (Å²) >= 11 is 0. The van der Waals surface area contributed by atoms with Gasteiger partial charge in [-0.25, -0.2) is 6.42 Å². The average Bonchev–Trinajstić information content (AvgIpc) is 1.68. The van der Waals surface area contributed by atoms with Gasteiger partial charge in [-0.05, 0) is 0 Å². The summed E-state index contributed by atoms with van der Waals surface area (Å²) in [6, 6.07) is 0. The number of aliphatic hydroxyl groups is 1. The monoisotopic (exact) mass is 165 g/mol. The molecule has 0 bridgehead atoms. The maximum Gasteiger partial charge on any atom is 2.00 e. The topological polar surface area (TPSA) is 20.2 Å². The number of hydrogen-bond acceptors (Lipinski definition) is 1. The fourth-order valence-corrected chi connectivity index (χ4v) is 0.648. The normalized spacial score (nSPS) is 12.3. The second kappa shape index (κ2) is 8.54. The van der Waals surface area contributed by atoms with Crippen molar-refractivity contribution in [3.05, 3.63) is 12.8 Å². The van der Waals surface area contributed by atoms with E-state index in [0.29, 0.717) is 5.92 Å². The van der Waals surface area contributed by atoms with E-state index < -0.39 is 0 Å². The van der Waals surface area contributed by atoms with Crippen molar-refractivity contribution in [2.24, 2.45) is 5.92 Å². The van der Waals surface area contributed by atoms with Crippen LogP contribution in [0.25, 0.3) is 0 Å². The van der Waals surface area contributed by atoms with Crippen LogP contribution < -0.4 is 0 Å². The van der Waals surface area contributed by atoms with Gasteiger partial charge in [-0.15, -0.1) is 0 Å². The molecule has 0 spiro atoms. The second-order valence-corrected chi connectivity index (χ2v) is 2.04. The van der Waals surface area contributed by atoms with Crippen LogP contribution >= 0.6 is 0 Å². The van der Waals surface area contributed by atoms with Crippen LogP contribution in [0.3, 0.4) is 0 Å². The molecule has 1 radical (unpaired) electrons. The molecule has 1 atom stereocenters. The Hall–Kier alpha value is 0.544. The van der Waals surface area contributed by atoms with Crippen LogP contribution in [0.2, 0.25) is 0 Å². The Morgan fingerprint density at radius 1 is 1.56 bits per heavy atom. The van der Waals surface area contributed by atoms with E-state index in [2.05, 4.69) is 13.3 Å². The van der Waals surface area contributed by atoms with E-state index in [1.165, 1.54) is 0 Å². The van der Waals surface area contributed by atoms with E-state index in [1.807, 2.05) is 13.3 Å². The summed E-state index contributed by atoms with van der Waals surface area (Å²) in [6.45, 7) is 4.33. The molecular weight excluding hydrogens is 151 g/mol. The first-order chi connectivity index (χ1) is 3.81. The third kappa shape index (κ3) is 8.54. The van der Waals surface area contributed by atoms with Crippen molar-refractivity contribution in [1.29, 1.82) is 0 Å². The van der Waals surface area contributed by atoms with Gasteiger partial charge in [0.1, 0.15) is 0 Å². The molecule has 0 saturated heterocycles. The van der Waals surface area contributed by atoms with Gasteiger partial charge >= 0.3 is 18.6 Å². The molecule has 0 heterocycles. The van der Waals surface area contributed by atoms with Gasteiger partial charge in [-0.2, -0.15) is 12.8 Å². The summed E-state index contributed by atoms with van der Waals surface area (Å²) in [5.41, 5.74) is 0. The number of aliphatic hydroxyl groups excluding tert-OH is 1. The van der Waals surface area contributed by atoms with Gasteiger partial charge in [0.2, 0.25) is 0 Å². The van der Waals surface area contributed by atoms with Gasteiger partial charge in [0.05, 0.1) is 0 Å². The van der Waals surface area contributed by atoms with Crippen molar-refractivity contribution in [2.75, 3.05) is 6.61 Å². The van der Waals surface area contributed by atoms with E-state index >= 15 is 0 Å². The molecule has 9 heavy (non-hydrogen) atoms. The number of rotatable bonds is 4. The van der Waals surface area contributed by atoms with Crippen LogP contribution in [0.5, 0.6) is 0 Å². The Balaban J connectivity index is 0. The summed E-state index contributed by atoms with van der Waals surface area (Å²) in [7, 11) is 0. The summed E-state index contributed by atoms with van der Waals surface area (Å²) in [6.07, 6.45) is 5.08. The first-order valence-electron chi connectivity index (χ1n) is 3.03. The first-order valence-corrected chi connectivity index (χ1v) is 3.03. The molecule has 0 aliphatic heterocycles. The molecule has 0 aliphatic carbocycles. The zero-order valence-corrected chi connectivity index (χ0v) is 7.44. The van der Waals surface area contributed by atoms with Crippen molar-refractivity contribution in [3.8, 4) is 0 Å². The Bertz CT molecular complexity index is 42.2. The molecule has 53 valence electrons. The molecular formula is C7H14OV. The maximum absolute atomic E-state index is 8.39. The van der Waals surface area contributed by atoms with Gasteiger partial charge < -0.3 is 17.9 Å². The standard InChI is InChI=1S/C7H14O.V/c1-3-4-7(2)5-6-8;/h3,5,7-8H,4,6H2,1-2H3;/q-2;+2. The number of hydrogen-bond donors (Lipinski definition) is 1. The third-order valence-electron chi connectivity index (χ3n) is 1.12. The fourth-order valence-electron chi connectivity index (χ4n) is 0.648. The average molecular weight is 165 g/mol. The zero-order valence-electron chi connectivity index (χ0n) is 6.04. The van der Waals surface area contributed by atoms with Crippen molar-refractivity contribution >= 4 is 0 Å². The minimum absolute atomic E-state index is 0. The van der Waals surface area contributed by atoms with Crippen LogP contribution in [-0.2, 0) is 18.6 Å². The molecule has 0 aromatic carbocycles. The first kappa shape index (κ1) is 12.2. The van der Waals surface area contributed by atoms with E-state index in [9.17, 15) is 0 Å². The van der Waals surface area contributed by atoms with Crippen LogP contribution in [0, 0.1) is 18.8 Å². The summed E-state index contributed by atoms with van der Waals surface area (Å²) < 4.78 is 0. The van der Waals surface area contributed by atoms with Gasteiger partial charge in [0.15, 0.2) is 0 Å². The SMILES string of the molecule is C[CH-]CC(C)[CH-]CO.[V+2]. The Kier molecular flexibility index (Phi) is 11.6. The van der Waals surface area contributed by atoms with Crippen LogP contribution in [0.15, 0.2) is 0 Å². The molecule has 2 heteroatoms. The fraction of sp³-hybridized carbons (Fsp3) is 0.714. The molecule has 0 saturated carbocycles. The zero-order chi connectivity index (χ0) is 6.41. The minimum atomic E-state index is 0. The largest absolute Gasteiger partial charge is 2.00 e. The van der Waals surface area contributed by atoms with E-state index in [4.69, 9.17) is 5.11 Å². The van der Waals surface area contributed by atoms with E-state index in [0.717, 1.165) is 6.42 Å². The smallest absolute Gasteiger partial charge is 0.428 e. The molecule has 0 aromatic rings. The molecule has 0 amide bonds. The van der Waals surface area contributed by atoms with Crippen LogP contribution in [-0.4, -0.2) is 11.7 Å². The Morgan fingerprint density at radius 2 is 2.11 bits per heavy atom. The molecule has 1 N–H and O–H groups in total. The quantitative estimate of drug-likeness (QED) is 0.625. The molecule has 0 aromatic heterocycles.